The van der Waals surface area contributed by atoms with E-state index >= 15 is 0 Å². The minimum Gasteiger partial charge on any atom is -0.364 e. The summed E-state index contributed by atoms with van der Waals surface area (Å²) in [5, 5.41) is 6.70. The predicted molar refractivity (Wildman–Crippen MR) is 61.3 cm³/mol. The minimum atomic E-state index is -0.445. The summed E-state index contributed by atoms with van der Waals surface area (Å²) in [4.78, 5) is 22.9. The zero-order valence-electron chi connectivity index (χ0n) is 9.36. The van der Waals surface area contributed by atoms with Crippen LogP contribution in [0.5, 0.6) is 0 Å². The van der Waals surface area contributed by atoms with Crippen LogP contribution in [0.4, 0.5) is 5.82 Å². The second-order valence-electron chi connectivity index (χ2n) is 3.35. The maximum Gasteiger partial charge on any atom is 0.346 e. The third-order valence-electron chi connectivity index (χ3n) is 2.11. The van der Waals surface area contributed by atoms with Crippen LogP contribution >= 0.6 is 0 Å². The van der Waals surface area contributed by atoms with Crippen LogP contribution in [0.25, 0.3) is 0 Å². The van der Waals surface area contributed by atoms with Crippen molar-refractivity contribution >= 4 is 5.82 Å². The number of anilines is 1. The van der Waals surface area contributed by atoms with Gasteiger partial charge in [0.05, 0.1) is 0 Å². The molecule has 0 radical (unpaired) electrons. The molecule has 0 atom stereocenters. The van der Waals surface area contributed by atoms with Gasteiger partial charge in [-0.2, -0.15) is 0 Å². The van der Waals surface area contributed by atoms with Crippen LogP contribution < -0.4 is 16.6 Å². The Morgan fingerprint density at radius 2 is 2.12 bits per heavy atom. The van der Waals surface area contributed by atoms with Crippen molar-refractivity contribution in [3.05, 3.63) is 20.8 Å². The molecule has 1 N–H and O–H groups in total. The fraction of sp³-hybridized carbons (Fsp3) is 0.500. The summed E-state index contributed by atoms with van der Waals surface area (Å²) in [5.74, 6) is 2.67. The number of aromatic nitrogens is 3. The van der Waals surface area contributed by atoms with E-state index in [0.717, 1.165) is 15.7 Å². The minimum absolute atomic E-state index is 0.168. The molecule has 6 nitrogen and oxygen atoms in total. The first-order valence-corrected chi connectivity index (χ1v) is 4.89. The van der Waals surface area contributed by atoms with Gasteiger partial charge in [0.15, 0.2) is 0 Å². The van der Waals surface area contributed by atoms with E-state index in [2.05, 4.69) is 16.3 Å². The molecule has 0 aliphatic rings. The van der Waals surface area contributed by atoms with Crippen LogP contribution in [0.3, 0.4) is 0 Å². The number of nitrogens with one attached hydrogen (secondary N) is 1. The Labute approximate surface area is 92.9 Å². The lowest BCUT2D eigenvalue weighted by Crippen LogP contribution is -2.40. The second kappa shape index (κ2) is 5.16. The van der Waals surface area contributed by atoms with Gasteiger partial charge in [0, 0.05) is 27.1 Å². The van der Waals surface area contributed by atoms with Crippen molar-refractivity contribution in [1.82, 2.24) is 14.3 Å². The maximum absolute atomic E-state index is 11.6. The van der Waals surface area contributed by atoms with Crippen LogP contribution in [-0.2, 0) is 14.1 Å². The average molecular weight is 222 g/mol. The molecule has 0 aliphatic heterocycles. The molecule has 1 heterocycles. The molecule has 0 unspecified atom stereocenters. The molecular formula is C10H14N4O2. The van der Waals surface area contributed by atoms with E-state index < -0.39 is 11.2 Å². The highest BCUT2D eigenvalue weighted by Gasteiger charge is 2.06. The lowest BCUT2D eigenvalue weighted by atomic mass is 10.3. The van der Waals surface area contributed by atoms with Crippen LogP contribution in [0.1, 0.15) is 12.8 Å². The molecular weight excluding hydrogens is 208 g/mol. The average Bonchev–Trinajstić information content (AvgIpc) is 2.28. The van der Waals surface area contributed by atoms with Gasteiger partial charge in [-0.25, -0.2) is 9.48 Å². The van der Waals surface area contributed by atoms with Crippen molar-refractivity contribution in [1.29, 1.82) is 0 Å². The zero-order valence-corrected chi connectivity index (χ0v) is 9.36. The highest BCUT2D eigenvalue weighted by atomic mass is 16.2. The number of unbranched alkanes of at least 4 members (excludes halogenated alkanes) is 1. The van der Waals surface area contributed by atoms with Crippen molar-refractivity contribution < 1.29 is 0 Å². The highest BCUT2D eigenvalue weighted by Crippen LogP contribution is 1.91. The van der Waals surface area contributed by atoms with Crippen molar-refractivity contribution in [2.45, 2.75) is 12.8 Å². The highest BCUT2D eigenvalue weighted by molar-refractivity contribution is 5.29. The lowest BCUT2D eigenvalue weighted by molar-refractivity contribution is 0.604. The Bertz CT molecular complexity index is 521. The van der Waals surface area contributed by atoms with Crippen molar-refractivity contribution in [3.8, 4) is 12.3 Å². The van der Waals surface area contributed by atoms with Gasteiger partial charge >= 0.3 is 5.69 Å². The molecule has 86 valence electrons. The first-order valence-electron chi connectivity index (χ1n) is 4.89. The third kappa shape index (κ3) is 2.51. The monoisotopic (exact) mass is 222 g/mol. The van der Waals surface area contributed by atoms with Crippen LogP contribution in [0.15, 0.2) is 9.59 Å². The summed E-state index contributed by atoms with van der Waals surface area (Å²) in [5.41, 5.74) is -0.872. The number of aryl methyl sites for hydroxylation is 1. The normalized spacial score (nSPS) is 9.81. The quantitative estimate of drug-likeness (QED) is 0.540. The van der Waals surface area contributed by atoms with Crippen LogP contribution in [-0.4, -0.2) is 20.9 Å². The third-order valence-corrected chi connectivity index (χ3v) is 2.11. The molecule has 0 fully saturated rings. The smallest absolute Gasteiger partial charge is 0.346 e. The van der Waals surface area contributed by atoms with E-state index in [1.54, 1.807) is 0 Å². The maximum atomic E-state index is 11.6. The number of terminal acetylenes is 1. The number of rotatable bonds is 4. The molecule has 0 spiro atoms. The SMILES string of the molecule is C#CCCCNc1nn(C)c(=O)n(C)c1=O. The number of hydrogen-bond donors (Lipinski definition) is 1. The summed E-state index contributed by atoms with van der Waals surface area (Å²) in [6.45, 7) is 0.560. The Morgan fingerprint density at radius 1 is 1.44 bits per heavy atom. The molecule has 0 amide bonds. The van der Waals surface area contributed by atoms with Gasteiger partial charge in [0.1, 0.15) is 0 Å². The van der Waals surface area contributed by atoms with Crippen molar-refractivity contribution in [2.75, 3.05) is 11.9 Å². The standard InChI is InChI=1S/C10H14N4O2/c1-4-5-6-7-11-8-9(15)13(2)10(16)14(3)12-8/h1H,5-7H2,2-3H3,(H,11,12). The van der Waals surface area contributed by atoms with E-state index in [1.807, 2.05) is 0 Å². The fourth-order valence-electron chi connectivity index (χ4n) is 1.21. The second-order valence-corrected chi connectivity index (χ2v) is 3.35. The summed E-state index contributed by atoms with van der Waals surface area (Å²) in [6.07, 6.45) is 6.49. The van der Waals surface area contributed by atoms with E-state index in [9.17, 15) is 9.59 Å². The Morgan fingerprint density at radius 3 is 2.75 bits per heavy atom. The molecule has 0 aliphatic carbocycles. The molecule has 1 aromatic rings. The van der Waals surface area contributed by atoms with E-state index in [1.165, 1.54) is 14.1 Å². The summed E-state index contributed by atoms with van der Waals surface area (Å²) >= 11 is 0. The van der Waals surface area contributed by atoms with Crippen molar-refractivity contribution in [3.63, 3.8) is 0 Å². The largest absolute Gasteiger partial charge is 0.364 e. The summed E-state index contributed by atoms with van der Waals surface area (Å²) in [6, 6.07) is 0. The van der Waals surface area contributed by atoms with Crippen LogP contribution in [0, 0.1) is 12.3 Å². The van der Waals surface area contributed by atoms with E-state index in [4.69, 9.17) is 6.42 Å². The molecule has 1 aromatic heterocycles. The van der Waals surface area contributed by atoms with Crippen LogP contribution in [0.2, 0.25) is 0 Å². The Balaban J connectivity index is 2.87. The van der Waals surface area contributed by atoms with E-state index in [0.29, 0.717) is 13.0 Å². The Hall–Kier alpha value is -2.03. The van der Waals surface area contributed by atoms with Gasteiger partial charge in [0.2, 0.25) is 5.82 Å². The lowest BCUT2D eigenvalue weighted by Gasteiger charge is -2.06. The van der Waals surface area contributed by atoms with Crippen molar-refractivity contribution in [2.24, 2.45) is 14.1 Å². The van der Waals surface area contributed by atoms with E-state index in [-0.39, 0.29) is 5.82 Å². The molecule has 6 heteroatoms. The van der Waals surface area contributed by atoms with Gasteiger partial charge < -0.3 is 5.32 Å². The summed E-state index contributed by atoms with van der Waals surface area (Å²) in [7, 11) is 2.91. The van der Waals surface area contributed by atoms with Gasteiger partial charge in [-0.05, 0) is 6.42 Å². The zero-order chi connectivity index (χ0) is 12.1. The molecule has 16 heavy (non-hydrogen) atoms. The molecule has 0 bridgehead atoms. The topological polar surface area (TPSA) is 68.9 Å². The first kappa shape index (κ1) is 12.0. The van der Waals surface area contributed by atoms with Gasteiger partial charge in [-0.3, -0.25) is 9.36 Å². The molecule has 0 aromatic carbocycles. The molecule has 0 saturated carbocycles. The first-order chi connectivity index (χ1) is 7.57. The Kier molecular flexibility index (Phi) is 3.89. The predicted octanol–water partition coefficient (Wildman–Crippen LogP) is -0.696. The molecule has 1 rings (SSSR count). The van der Waals surface area contributed by atoms with Gasteiger partial charge in [-0.15, -0.1) is 17.4 Å². The summed E-state index contributed by atoms with van der Waals surface area (Å²) < 4.78 is 2.13. The molecule has 0 saturated heterocycles. The number of hydrogen-bond acceptors (Lipinski definition) is 4. The van der Waals surface area contributed by atoms with Gasteiger partial charge in [-0.1, -0.05) is 0 Å². The van der Waals surface area contributed by atoms with Gasteiger partial charge in [0.25, 0.3) is 5.56 Å². The number of nitrogens with zero attached hydrogens (tertiary/aromatic N) is 3. The fourth-order valence-corrected chi connectivity index (χ4v) is 1.21.